The van der Waals surface area contributed by atoms with Gasteiger partial charge in [-0.3, -0.25) is 9.59 Å². The summed E-state index contributed by atoms with van der Waals surface area (Å²) in [6.07, 6.45) is 1.08. The Hall–Kier alpha value is -1.10. The Morgan fingerprint density at radius 3 is 2.38 bits per heavy atom. The third-order valence-corrected chi connectivity index (χ3v) is 2.48. The number of likely N-dealkylation sites (N-methyl/N-ethyl adjacent to an activating group) is 1. The minimum absolute atomic E-state index is 0.417. The van der Waals surface area contributed by atoms with Gasteiger partial charge < -0.3 is 15.3 Å². The summed E-state index contributed by atoms with van der Waals surface area (Å²) in [7, 11) is 0. The first-order valence-corrected chi connectivity index (χ1v) is 5.75. The molecule has 0 bridgehead atoms. The van der Waals surface area contributed by atoms with Gasteiger partial charge in [-0.2, -0.15) is 0 Å². The summed E-state index contributed by atoms with van der Waals surface area (Å²) >= 11 is 0. The van der Waals surface area contributed by atoms with Crippen LogP contribution in [0.15, 0.2) is 0 Å². The first-order chi connectivity index (χ1) is 7.52. The van der Waals surface area contributed by atoms with Crippen molar-refractivity contribution < 1.29 is 14.7 Å². The zero-order chi connectivity index (χ0) is 12.6. The number of nitrogens with zero attached hydrogens (tertiary/aromatic N) is 1. The highest BCUT2D eigenvalue weighted by Gasteiger charge is 2.19. The van der Waals surface area contributed by atoms with Gasteiger partial charge in [0.25, 0.3) is 0 Å². The SMILES string of the molecule is CCCN(CC)CCNC(=O)C(C)C(=O)O. The molecule has 2 N–H and O–H groups in total. The van der Waals surface area contributed by atoms with Crippen molar-refractivity contribution in [1.29, 1.82) is 0 Å². The number of carbonyl (C=O) groups excluding carboxylic acids is 1. The number of nitrogens with one attached hydrogen (secondary N) is 1. The molecule has 5 heteroatoms. The van der Waals surface area contributed by atoms with Gasteiger partial charge in [0.2, 0.25) is 5.91 Å². The minimum Gasteiger partial charge on any atom is -0.481 e. The Morgan fingerprint density at radius 1 is 1.31 bits per heavy atom. The molecule has 1 atom stereocenters. The van der Waals surface area contributed by atoms with E-state index in [-0.39, 0.29) is 0 Å². The Labute approximate surface area is 96.8 Å². The number of amides is 1. The van der Waals surface area contributed by atoms with Crippen LogP contribution < -0.4 is 5.32 Å². The predicted molar refractivity (Wildman–Crippen MR) is 62.2 cm³/mol. The van der Waals surface area contributed by atoms with Crippen LogP contribution in [0.2, 0.25) is 0 Å². The van der Waals surface area contributed by atoms with E-state index < -0.39 is 17.8 Å². The van der Waals surface area contributed by atoms with Crippen molar-refractivity contribution >= 4 is 11.9 Å². The van der Waals surface area contributed by atoms with Crippen LogP contribution in [0.4, 0.5) is 0 Å². The number of aliphatic carboxylic acids is 1. The molecule has 1 unspecified atom stereocenters. The molecule has 0 aromatic heterocycles. The van der Waals surface area contributed by atoms with E-state index >= 15 is 0 Å². The van der Waals surface area contributed by atoms with Crippen LogP contribution in [0.25, 0.3) is 0 Å². The molecule has 0 aromatic carbocycles. The van der Waals surface area contributed by atoms with E-state index in [1.807, 2.05) is 0 Å². The zero-order valence-electron chi connectivity index (χ0n) is 10.3. The lowest BCUT2D eigenvalue weighted by Gasteiger charge is -2.19. The molecular weight excluding hydrogens is 208 g/mol. The number of carboxylic acids is 1. The van der Waals surface area contributed by atoms with Crippen LogP contribution in [0.1, 0.15) is 27.2 Å². The standard InChI is InChI=1S/C11H22N2O3/c1-4-7-13(5-2)8-6-12-10(14)9(3)11(15)16/h9H,4-8H2,1-3H3,(H,12,14)(H,15,16). The smallest absolute Gasteiger partial charge is 0.315 e. The van der Waals surface area contributed by atoms with Gasteiger partial charge in [0.15, 0.2) is 0 Å². The van der Waals surface area contributed by atoms with Crippen molar-refractivity contribution in [3.05, 3.63) is 0 Å². The monoisotopic (exact) mass is 230 g/mol. The van der Waals surface area contributed by atoms with E-state index in [0.717, 1.165) is 26.1 Å². The quantitative estimate of drug-likeness (QED) is 0.598. The van der Waals surface area contributed by atoms with Gasteiger partial charge >= 0.3 is 5.97 Å². The highest BCUT2D eigenvalue weighted by atomic mass is 16.4. The summed E-state index contributed by atoms with van der Waals surface area (Å²) in [6.45, 7) is 8.78. The fourth-order valence-corrected chi connectivity index (χ4v) is 1.35. The Morgan fingerprint density at radius 2 is 1.94 bits per heavy atom. The maximum absolute atomic E-state index is 11.3. The lowest BCUT2D eigenvalue weighted by molar-refractivity contribution is -0.146. The Kier molecular flexibility index (Phi) is 7.54. The van der Waals surface area contributed by atoms with Crippen molar-refractivity contribution in [2.45, 2.75) is 27.2 Å². The molecule has 94 valence electrons. The second-order valence-electron chi connectivity index (χ2n) is 3.79. The fourth-order valence-electron chi connectivity index (χ4n) is 1.35. The topological polar surface area (TPSA) is 69.6 Å². The van der Waals surface area contributed by atoms with Crippen molar-refractivity contribution in [3.8, 4) is 0 Å². The van der Waals surface area contributed by atoms with Crippen molar-refractivity contribution in [3.63, 3.8) is 0 Å². The molecule has 0 aliphatic rings. The second kappa shape index (κ2) is 8.10. The first kappa shape index (κ1) is 14.9. The summed E-state index contributed by atoms with van der Waals surface area (Å²) in [5.74, 6) is -2.47. The molecule has 0 saturated heterocycles. The number of hydrogen-bond acceptors (Lipinski definition) is 3. The predicted octanol–water partition coefficient (Wildman–Crippen LogP) is 0.555. The molecule has 1 amide bonds. The second-order valence-corrected chi connectivity index (χ2v) is 3.79. The van der Waals surface area contributed by atoms with Crippen LogP contribution in [-0.2, 0) is 9.59 Å². The molecule has 5 nitrogen and oxygen atoms in total. The van der Waals surface area contributed by atoms with Crippen LogP contribution in [-0.4, -0.2) is 48.1 Å². The summed E-state index contributed by atoms with van der Waals surface area (Å²) < 4.78 is 0. The van der Waals surface area contributed by atoms with Gasteiger partial charge in [-0.05, 0) is 26.4 Å². The average Bonchev–Trinajstić information content (AvgIpc) is 2.26. The molecule has 0 aromatic rings. The van der Waals surface area contributed by atoms with E-state index in [4.69, 9.17) is 5.11 Å². The summed E-state index contributed by atoms with van der Waals surface area (Å²) in [5.41, 5.74) is 0. The van der Waals surface area contributed by atoms with Gasteiger partial charge in [-0.15, -0.1) is 0 Å². The van der Waals surface area contributed by atoms with E-state index in [1.54, 1.807) is 0 Å². The third-order valence-electron chi connectivity index (χ3n) is 2.48. The lowest BCUT2D eigenvalue weighted by atomic mass is 10.2. The van der Waals surface area contributed by atoms with Gasteiger partial charge in [0.05, 0.1) is 0 Å². The molecule has 0 aliphatic carbocycles. The van der Waals surface area contributed by atoms with Crippen LogP contribution >= 0.6 is 0 Å². The normalized spacial score (nSPS) is 12.5. The van der Waals surface area contributed by atoms with E-state index in [9.17, 15) is 9.59 Å². The highest BCUT2D eigenvalue weighted by molar-refractivity contribution is 5.96. The average molecular weight is 230 g/mol. The van der Waals surface area contributed by atoms with E-state index in [0.29, 0.717) is 6.54 Å². The highest BCUT2D eigenvalue weighted by Crippen LogP contribution is 1.94. The van der Waals surface area contributed by atoms with E-state index in [1.165, 1.54) is 6.92 Å². The van der Waals surface area contributed by atoms with Gasteiger partial charge in [-0.25, -0.2) is 0 Å². The zero-order valence-corrected chi connectivity index (χ0v) is 10.3. The third kappa shape index (κ3) is 5.70. The van der Waals surface area contributed by atoms with Gasteiger partial charge in [0.1, 0.15) is 5.92 Å². The maximum atomic E-state index is 11.3. The molecule has 0 fully saturated rings. The van der Waals surface area contributed by atoms with Crippen LogP contribution in [0.5, 0.6) is 0 Å². The fraction of sp³-hybridized carbons (Fsp3) is 0.818. The van der Waals surface area contributed by atoms with Crippen molar-refractivity contribution in [2.75, 3.05) is 26.2 Å². The summed E-state index contributed by atoms with van der Waals surface area (Å²) in [5, 5.41) is 11.2. The number of hydrogen-bond donors (Lipinski definition) is 2. The molecular formula is C11H22N2O3. The molecule has 16 heavy (non-hydrogen) atoms. The molecule has 0 radical (unpaired) electrons. The Bertz CT molecular complexity index is 231. The number of rotatable bonds is 8. The maximum Gasteiger partial charge on any atom is 0.315 e. The molecule has 0 aliphatic heterocycles. The molecule has 0 spiro atoms. The van der Waals surface area contributed by atoms with E-state index in [2.05, 4.69) is 24.1 Å². The van der Waals surface area contributed by atoms with Crippen LogP contribution in [0.3, 0.4) is 0 Å². The lowest BCUT2D eigenvalue weighted by Crippen LogP contribution is -2.39. The number of carboxylic acid groups (broad SMARTS) is 1. The summed E-state index contributed by atoms with van der Waals surface area (Å²) in [4.78, 5) is 24.0. The largest absolute Gasteiger partial charge is 0.481 e. The molecule has 0 rings (SSSR count). The van der Waals surface area contributed by atoms with Crippen molar-refractivity contribution in [2.24, 2.45) is 5.92 Å². The van der Waals surface area contributed by atoms with Crippen molar-refractivity contribution in [1.82, 2.24) is 10.2 Å². The first-order valence-electron chi connectivity index (χ1n) is 5.75. The molecule has 0 heterocycles. The number of carbonyl (C=O) groups is 2. The Balaban J connectivity index is 3.80. The molecule has 0 saturated carbocycles. The van der Waals surface area contributed by atoms with Crippen LogP contribution in [0, 0.1) is 5.92 Å². The summed E-state index contributed by atoms with van der Waals surface area (Å²) in [6, 6.07) is 0. The minimum atomic E-state index is -1.08. The van der Waals surface area contributed by atoms with Gasteiger partial charge in [0, 0.05) is 13.1 Å². The van der Waals surface area contributed by atoms with Gasteiger partial charge in [-0.1, -0.05) is 13.8 Å².